The molecule has 24 heavy (non-hydrogen) atoms. The lowest BCUT2D eigenvalue weighted by atomic mass is 9.68. The quantitative estimate of drug-likeness (QED) is 0.414. The highest BCUT2D eigenvalue weighted by molar-refractivity contribution is 6.18. The minimum Gasteiger partial charge on any atom is -0.458 e. The summed E-state index contributed by atoms with van der Waals surface area (Å²) in [5.41, 5.74) is 0.138. The second-order valence-electron chi connectivity index (χ2n) is 7.72. The SMILES string of the molecule is C[C@@H]1C[C@@H]2[C@@H]3/C=C4/C(=O)C[C@@H](C[C@H](O)C[C@@H]3C=C[C@H]2C1=O)OC4=O. The average Bonchev–Trinajstić information content (AvgIpc) is 2.79. The Labute approximate surface area is 140 Å². The zero-order valence-corrected chi connectivity index (χ0v) is 13.7. The molecule has 0 spiro atoms. The number of Topliss-reactive ketones (excluding diaryl/α,β-unsaturated/α-hetero) is 2. The lowest BCUT2D eigenvalue weighted by Gasteiger charge is -2.37. The van der Waals surface area contributed by atoms with E-state index in [1.165, 1.54) is 0 Å². The molecule has 1 saturated heterocycles. The first kappa shape index (κ1) is 15.8. The van der Waals surface area contributed by atoms with Gasteiger partial charge in [0.25, 0.3) is 0 Å². The zero-order valence-electron chi connectivity index (χ0n) is 13.7. The standard InChI is InChI=1S/C19H22O5/c1-9-4-15-13(18(9)22)3-2-10-5-11(20)6-12-7-17(21)16(8-14(10)15)19(23)24-12/h2-3,8-15,20H,4-7H2,1H3/b16-8-/t9-,10+,11-,12-,13-,14-,15+/m1/s1. The van der Waals surface area contributed by atoms with Gasteiger partial charge in [-0.05, 0) is 30.6 Å². The molecular weight excluding hydrogens is 308 g/mol. The fourth-order valence-corrected chi connectivity index (χ4v) is 4.92. The lowest BCUT2D eigenvalue weighted by Crippen LogP contribution is -2.39. The van der Waals surface area contributed by atoms with Crippen LogP contribution in [-0.2, 0) is 19.1 Å². The van der Waals surface area contributed by atoms with Crippen molar-refractivity contribution < 1.29 is 24.2 Å². The summed E-state index contributed by atoms with van der Waals surface area (Å²) >= 11 is 0. The molecule has 2 bridgehead atoms. The van der Waals surface area contributed by atoms with E-state index in [4.69, 9.17) is 4.74 Å². The van der Waals surface area contributed by atoms with Gasteiger partial charge in [0, 0.05) is 24.7 Å². The van der Waals surface area contributed by atoms with Crippen LogP contribution in [0, 0.1) is 29.6 Å². The van der Waals surface area contributed by atoms with Crippen molar-refractivity contribution in [3.63, 3.8) is 0 Å². The molecule has 0 radical (unpaired) electrons. The molecule has 2 aliphatic heterocycles. The highest BCUT2D eigenvalue weighted by atomic mass is 16.5. The van der Waals surface area contributed by atoms with Gasteiger partial charge in [0.2, 0.25) is 0 Å². The van der Waals surface area contributed by atoms with Crippen LogP contribution < -0.4 is 0 Å². The fourth-order valence-electron chi connectivity index (χ4n) is 4.92. The van der Waals surface area contributed by atoms with Crippen LogP contribution in [0.5, 0.6) is 0 Å². The number of esters is 1. The molecule has 7 atom stereocenters. The van der Waals surface area contributed by atoms with Gasteiger partial charge in [-0.15, -0.1) is 0 Å². The molecular formula is C19H22O5. The molecule has 2 heterocycles. The Morgan fingerprint density at radius 3 is 2.67 bits per heavy atom. The predicted molar refractivity (Wildman–Crippen MR) is 84.7 cm³/mol. The van der Waals surface area contributed by atoms with Crippen molar-refractivity contribution in [2.24, 2.45) is 29.6 Å². The van der Waals surface area contributed by atoms with E-state index < -0.39 is 18.2 Å². The van der Waals surface area contributed by atoms with Crippen LogP contribution in [0.3, 0.4) is 0 Å². The minimum atomic E-state index is -0.619. The number of carbonyl (C=O) groups is 3. The van der Waals surface area contributed by atoms with Gasteiger partial charge in [0.1, 0.15) is 11.9 Å². The van der Waals surface area contributed by atoms with E-state index >= 15 is 0 Å². The Kier molecular flexibility index (Phi) is 3.71. The molecule has 0 amide bonds. The Hall–Kier alpha value is -1.75. The molecule has 0 unspecified atom stereocenters. The van der Waals surface area contributed by atoms with E-state index in [0.717, 1.165) is 6.42 Å². The molecule has 0 aromatic rings. The molecule has 3 aliphatic carbocycles. The van der Waals surface area contributed by atoms with E-state index in [2.05, 4.69) is 0 Å². The van der Waals surface area contributed by atoms with Crippen LogP contribution in [0.2, 0.25) is 0 Å². The Bertz CT molecular complexity index is 641. The van der Waals surface area contributed by atoms with Crippen molar-refractivity contribution in [1.29, 1.82) is 0 Å². The van der Waals surface area contributed by atoms with Gasteiger partial charge in [0.05, 0.1) is 11.7 Å². The Balaban J connectivity index is 1.77. The van der Waals surface area contributed by atoms with Gasteiger partial charge in [-0.1, -0.05) is 25.2 Å². The molecule has 1 saturated carbocycles. The summed E-state index contributed by atoms with van der Waals surface area (Å²) < 4.78 is 5.33. The summed E-state index contributed by atoms with van der Waals surface area (Å²) in [6.45, 7) is 1.94. The highest BCUT2D eigenvalue weighted by Gasteiger charge is 2.47. The van der Waals surface area contributed by atoms with Gasteiger partial charge in [-0.2, -0.15) is 0 Å². The normalized spacial score (nSPS) is 46.8. The zero-order chi connectivity index (χ0) is 17.0. The number of allylic oxidation sites excluding steroid dienone is 3. The van der Waals surface area contributed by atoms with Crippen molar-refractivity contribution in [3.05, 3.63) is 23.8 Å². The fraction of sp³-hybridized carbons (Fsp3) is 0.632. The Morgan fingerprint density at radius 1 is 1.12 bits per heavy atom. The van der Waals surface area contributed by atoms with Gasteiger partial charge in [-0.25, -0.2) is 4.79 Å². The van der Waals surface area contributed by atoms with E-state index in [9.17, 15) is 19.5 Å². The molecule has 1 N–H and O–H groups in total. The van der Waals surface area contributed by atoms with Crippen molar-refractivity contribution in [2.75, 3.05) is 0 Å². The van der Waals surface area contributed by atoms with E-state index in [1.54, 1.807) is 6.08 Å². The summed E-state index contributed by atoms with van der Waals surface area (Å²) in [7, 11) is 0. The molecule has 5 aliphatic rings. The molecule has 5 nitrogen and oxygen atoms in total. The third-order valence-corrected chi connectivity index (χ3v) is 6.10. The average molecular weight is 330 g/mol. The maximum atomic E-state index is 12.4. The van der Waals surface area contributed by atoms with Crippen molar-refractivity contribution in [3.8, 4) is 0 Å². The number of ketones is 2. The van der Waals surface area contributed by atoms with Crippen molar-refractivity contribution in [2.45, 2.75) is 44.8 Å². The Morgan fingerprint density at radius 2 is 1.92 bits per heavy atom. The molecule has 0 aromatic heterocycles. The van der Waals surface area contributed by atoms with Crippen LogP contribution in [0.1, 0.15) is 32.6 Å². The lowest BCUT2D eigenvalue weighted by molar-refractivity contribution is -0.153. The molecule has 128 valence electrons. The number of rotatable bonds is 0. The van der Waals surface area contributed by atoms with Crippen LogP contribution in [-0.4, -0.2) is 34.9 Å². The number of aliphatic hydroxyl groups is 1. The molecule has 2 fully saturated rings. The summed E-state index contributed by atoms with van der Waals surface area (Å²) in [5.74, 6) is -0.610. The highest BCUT2D eigenvalue weighted by Crippen LogP contribution is 2.47. The van der Waals surface area contributed by atoms with E-state index in [-0.39, 0.29) is 53.1 Å². The second-order valence-corrected chi connectivity index (χ2v) is 7.72. The van der Waals surface area contributed by atoms with Crippen LogP contribution >= 0.6 is 0 Å². The maximum Gasteiger partial charge on any atom is 0.341 e. The van der Waals surface area contributed by atoms with E-state index in [1.807, 2.05) is 19.1 Å². The second kappa shape index (κ2) is 5.66. The summed E-state index contributed by atoms with van der Waals surface area (Å²) in [6, 6.07) is 0. The molecule has 5 rings (SSSR count). The third-order valence-electron chi connectivity index (χ3n) is 6.10. The minimum absolute atomic E-state index is 0.000480. The van der Waals surface area contributed by atoms with Gasteiger partial charge in [-0.3, -0.25) is 9.59 Å². The van der Waals surface area contributed by atoms with Gasteiger partial charge < -0.3 is 9.84 Å². The van der Waals surface area contributed by atoms with Gasteiger partial charge in [0.15, 0.2) is 5.78 Å². The maximum absolute atomic E-state index is 12.4. The first-order chi connectivity index (χ1) is 11.4. The third kappa shape index (κ3) is 2.46. The number of hydrogen-bond donors (Lipinski definition) is 1. The van der Waals surface area contributed by atoms with Gasteiger partial charge >= 0.3 is 5.97 Å². The summed E-state index contributed by atoms with van der Waals surface area (Å²) in [5, 5.41) is 10.4. The number of ether oxygens (including phenoxy) is 1. The number of fused-ring (bicyclic) bond motifs is 5. The predicted octanol–water partition coefficient (Wildman–Crippen LogP) is 1.60. The smallest absolute Gasteiger partial charge is 0.341 e. The first-order valence-electron chi connectivity index (χ1n) is 8.80. The summed E-state index contributed by atoms with van der Waals surface area (Å²) in [4.78, 5) is 37.0. The van der Waals surface area contributed by atoms with Crippen molar-refractivity contribution in [1.82, 2.24) is 0 Å². The summed E-state index contributed by atoms with van der Waals surface area (Å²) in [6.07, 6.45) is 6.36. The van der Waals surface area contributed by atoms with Crippen molar-refractivity contribution >= 4 is 17.5 Å². The molecule has 5 heteroatoms. The topological polar surface area (TPSA) is 80.7 Å². The largest absolute Gasteiger partial charge is 0.458 e. The number of aliphatic hydroxyl groups excluding tert-OH is 1. The molecule has 0 aromatic carbocycles. The number of hydrogen-bond acceptors (Lipinski definition) is 5. The number of carbonyl (C=O) groups excluding carboxylic acids is 3. The first-order valence-corrected chi connectivity index (χ1v) is 8.80. The van der Waals surface area contributed by atoms with E-state index in [0.29, 0.717) is 12.8 Å². The van der Waals surface area contributed by atoms with Crippen LogP contribution in [0.25, 0.3) is 0 Å². The van der Waals surface area contributed by atoms with Crippen LogP contribution in [0.15, 0.2) is 23.8 Å². The van der Waals surface area contributed by atoms with Crippen LogP contribution in [0.4, 0.5) is 0 Å². The monoisotopic (exact) mass is 330 g/mol.